The lowest BCUT2D eigenvalue weighted by Gasteiger charge is -2.16. The molecule has 0 radical (unpaired) electrons. The van der Waals surface area contributed by atoms with Gasteiger partial charge in [-0.25, -0.2) is 0 Å². The van der Waals surface area contributed by atoms with Crippen LogP contribution in [0, 0.1) is 5.92 Å². The third kappa shape index (κ3) is 7.41. The fourth-order valence-corrected chi connectivity index (χ4v) is 4.32. The van der Waals surface area contributed by atoms with E-state index < -0.39 is 0 Å². The molecule has 0 aliphatic carbocycles. The number of amides is 1. The second kappa shape index (κ2) is 12.5. The molecule has 0 bridgehead atoms. The molecule has 3 N–H and O–H groups in total. The van der Waals surface area contributed by atoms with Gasteiger partial charge in [-0.1, -0.05) is 55.5 Å². The number of carbonyl (C=O) groups is 1. The van der Waals surface area contributed by atoms with Gasteiger partial charge in [-0.3, -0.25) is 4.79 Å². The van der Waals surface area contributed by atoms with Crippen molar-refractivity contribution in [3.8, 4) is 0 Å². The average molecular weight is 446 g/mol. The Morgan fingerprint density at radius 2 is 1.55 bits per heavy atom. The van der Waals surface area contributed by atoms with E-state index in [1.807, 2.05) is 19.1 Å². The van der Waals surface area contributed by atoms with Crippen LogP contribution < -0.4 is 11.1 Å². The summed E-state index contributed by atoms with van der Waals surface area (Å²) in [6.45, 7) is 3.83. The van der Waals surface area contributed by atoms with Crippen molar-refractivity contribution in [1.29, 1.82) is 0 Å². The second-order valence-electron chi connectivity index (χ2n) is 9.37. The number of nitrogens with zero attached hydrogens (tertiary/aromatic N) is 1. The van der Waals surface area contributed by atoms with Crippen LogP contribution in [-0.4, -0.2) is 38.0 Å². The Morgan fingerprint density at radius 1 is 0.879 bits per heavy atom. The maximum absolute atomic E-state index is 12.9. The number of fused-ring (bicyclic) bond motifs is 1. The van der Waals surface area contributed by atoms with Crippen LogP contribution in [-0.2, 0) is 24.1 Å². The Morgan fingerprint density at radius 3 is 2.21 bits per heavy atom. The molecular weight excluding hydrogens is 406 g/mol. The smallest absolute Gasteiger partial charge is 0.227 e. The van der Waals surface area contributed by atoms with Gasteiger partial charge in [0, 0.05) is 11.6 Å². The highest BCUT2D eigenvalue weighted by Crippen LogP contribution is 2.26. The summed E-state index contributed by atoms with van der Waals surface area (Å²) >= 11 is 0. The third-order valence-corrected chi connectivity index (χ3v) is 6.27. The van der Waals surface area contributed by atoms with Gasteiger partial charge in [0.15, 0.2) is 0 Å². The highest BCUT2D eigenvalue weighted by Gasteiger charge is 2.16. The van der Waals surface area contributed by atoms with Gasteiger partial charge < -0.3 is 16.0 Å². The summed E-state index contributed by atoms with van der Waals surface area (Å²) < 4.78 is 0. The van der Waals surface area contributed by atoms with Crippen molar-refractivity contribution in [1.82, 2.24) is 4.90 Å². The molecule has 0 unspecified atom stereocenters. The van der Waals surface area contributed by atoms with Crippen LogP contribution in [0.4, 0.5) is 5.69 Å². The molecule has 3 aromatic rings. The quantitative estimate of drug-likeness (QED) is 0.365. The minimum absolute atomic E-state index is 0.0615. The fraction of sp³-hybridized carbons (Fsp3) is 0.414. The molecule has 0 spiro atoms. The number of hydrogen-bond acceptors (Lipinski definition) is 3. The van der Waals surface area contributed by atoms with E-state index in [0.29, 0.717) is 0 Å². The summed E-state index contributed by atoms with van der Waals surface area (Å²) in [6.07, 6.45) is 6.10. The van der Waals surface area contributed by atoms with E-state index in [-0.39, 0.29) is 11.8 Å². The number of aryl methyl sites for hydroxylation is 2. The van der Waals surface area contributed by atoms with Crippen molar-refractivity contribution in [3.63, 3.8) is 0 Å². The monoisotopic (exact) mass is 445 g/mol. The zero-order valence-corrected chi connectivity index (χ0v) is 20.4. The number of carbonyl (C=O) groups excluding carboxylic acids is 1. The van der Waals surface area contributed by atoms with Crippen molar-refractivity contribution in [3.05, 3.63) is 77.4 Å². The van der Waals surface area contributed by atoms with Crippen LogP contribution in [0.15, 0.2) is 60.7 Å². The summed E-state index contributed by atoms with van der Waals surface area (Å²) in [5, 5.41) is 5.65. The predicted molar refractivity (Wildman–Crippen MR) is 141 cm³/mol. The molecule has 1 amide bonds. The lowest BCUT2D eigenvalue weighted by atomic mass is 9.91. The Labute approximate surface area is 199 Å². The molecule has 1 atom stereocenters. The molecule has 0 saturated carbocycles. The van der Waals surface area contributed by atoms with Gasteiger partial charge in [0.1, 0.15) is 0 Å². The summed E-state index contributed by atoms with van der Waals surface area (Å²) in [6, 6.07) is 21.2. The molecule has 0 aliphatic heterocycles. The number of nitrogens with two attached hydrogens (primary N) is 1. The maximum Gasteiger partial charge on any atom is 0.227 e. The van der Waals surface area contributed by atoms with Crippen LogP contribution in [0.1, 0.15) is 42.9 Å². The van der Waals surface area contributed by atoms with Crippen LogP contribution >= 0.6 is 0 Å². The third-order valence-electron chi connectivity index (χ3n) is 6.27. The molecule has 0 fully saturated rings. The molecule has 0 heterocycles. The van der Waals surface area contributed by atoms with Gasteiger partial charge in [-0.15, -0.1) is 0 Å². The highest BCUT2D eigenvalue weighted by molar-refractivity contribution is 5.93. The lowest BCUT2D eigenvalue weighted by Crippen LogP contribution is -2.22. The predicted octanol–water partition coefficient (Wildman–Crippen LogP) is 5.43. The summed E-state index contributed by atoms with van der Waals surface area (Å²) in [5.41, 5.74) is 10.4. The van der Waals surface area contributed by atoms with Gasteiger partial charge in [0.2, 0.25) is 5.91 Å². The van der Waals surface area contributed by atoms with Crippen LogP contribution in [0.2, 0.25) is 0 Å². The standard InChI is InChI=1S/C29H39N3O/c1-22(29(33)31-26-17-13-23(14-18-26)9-8-20-32(2)3)21-25-16-15-24(10-6-7-19-30)27-11-4-5-12-28(25)27/h4-5,11-18,22H,6-10,19-21,30H2,1-3H3,(H,31,33)/t22-/m0/s1. The zero-order chi connectivity index (χ0) is 23.6. The second-order valence-corrected chi connectivity index (χ2v) is 9.37. The molecule has 4 nitrogen and oxygen atoms in total. The van der Waals surface area contributed by atoms with Crippen LogP contribution in [0.5, 0.6) is 0 Å². The van der Waals surface area contributed by atoms with Crippen molar-refractivity contribution >= 4 is 22.4 Å². The molecule has 0 aromatic heterocycles. The first kappa shape index (κ1) is 24.9. The Kier molecular flexibility index (Phi) is 9.47. The van der Waals surface area contributed by atoms with E-state index in [4.69, 9.17) is 5.73 Å². The number of nitrogens with one attached hydrogen (secondary N) is 1. The van der Waals surface area contributed by atoms with Crippen LogP contribution in [0.25, 0.3) is 10.8 Å². The number of rotatable bonds is 12. The van der Waals surface area contributed by atoms with Crippen LogP contribution in [0.3, 0.4) is 0 Å². The first-order valence-electron chi connectivity index (χ1n) is 12.2. The Bertz CT molecular complexity index is 1030. The molecule has 0 saturated heterocycles. The minimum atomic E-state index is -0.115. The van der Waals surface area contributed by atoms with Gasteiger partial charge >= 0.3 is 0 Å². The molecule has 176 valence electrons. The minimum Gasteiger partial charge on any atom is -0.330 e. The number of hydrogen-bond donors (Lipinski definition) is 2. The number of anilines is 1. The fourth-order valence-electron chi connectivity index (χ4n) is 4.32. The van der Waals surface area contributed by atoms with Crippen molar-refractivity contribution in [2.45, 2.75) is 45.4 Å². The molecule has 3 aromatic carbocycles. The van der Waals surface area contributed by atoms with Crippen molar-refractivity contribution < 1.29 is 4.79 Å². The average Bonchev–Trinajstić information content (AvgIpc) is 2.81. The summed E-state index contributed by atoms with van der Waals surface area (Å²) in [7, 11) is 4.20. The number of benzene rings is 3. The summed E-state index contributed by atoms with van der Waals surface area (Å²) in [5.74, 6) is -0.0530. The topological polar surface area (TPSA) is 58.4 Å². The molecule has 0 aliphatic rings. The largest absolute Gasteiger partial charge is 0.330 e. The Hall–Kier alpha value is -2.69. The van der Waals surface area contributed by atoms with E-state index in [1.165, 1.54) is 27.5 Å². The molecule has 4 heteroatoms. The number of unbranched alkanes of at least 4 members (excludes halogenated alkanes) is 1. The summed E-state index contributed by atoms with van der Waals surface area (Å²) in [4.78, 5) is 15.1. The van der Waals surface area contributed by atoms with E-state index >= 15 is 0 Å². The normalized spacial score (nSPS) is 12.3. The first-order valence-corrected chi connectivity index (χ1v) is 12.2. The van der Waals surface area contributed by atoms with Gasteiger partial charge in [-0.05, 0) is 105 Å². The van der Waals surface area contributed by atoms with Crippen molar-refractivity contribution in [2.24, 2.45) is 11.7 Å². The Balaban J connectivity index is 1.62. The molecule has 3 rings (SSSR count). The van der Waals surface area contributed by atoms with Gasteiger partial charge in [-0.2, -0.15) is 0 Å². The van der Waals surface area contributed by atoms with Gasteiger partial charge in [0.25, 0.3) is 0 Å². The lowest BCUT2D eigenvalue weighted by molar-refractivity contribution is -0.119. The van der Waals surface area contributed by atoms with Crippen molar-refractivity contribution in [2.75, 3.05) is 32.5 Å². The van der Waals surface area contributed by atoms with E-state index in [9.17, 15) is 4.79 Å². The van der Waals surface area contributed by atoms with Gasteiger partial charge in [0.05, 0.1) is 0 Å². The maximum atomic E-state index is 12.9. The van der Waals surface area contributed by atoms with E-state index in [0.717, 1.165) is 57.3 Å². The molecule has 33 heavy (non-hydrogen) atoms. The molecular formula is C29H39N3O. The first-order chi connectivity index (χ1) is 16.0. The SMILES string of the molecule is C[C@@H](Cc1ccc(CCCCN)c2ccccc12)C(=O)Nc1ccc(CCCN(C)C)cc1. The van der Waals surface area contributed by atoms with E-state index in [2.05, 4.69) is 72.8 Å². The van der Waals surface area contributed by atoms with E-state index in [1.54, 1.807) is 0 Å². The highest BCUT2D eigenvalue weighted by atomic mass is 16.1. The zero-order valence-electron chi connectivity index (χ0n) is 20.4.